The highest BCUT2D eigenvalue weighted by atomic mass is 35.5. The maximum absolute atomic E-state index is 12.3. The van der Waals surface area contributed by atoms with E-state index in [0.29, 0.717) is 24.3 Å². The first-order valence-electron chi connectivity index (χ1n) is 10.5. The van der Waals surface area contributed by atoms with Gasteiger partial charge in [0.05, 0.1) is 18.9 Å². The predicted molar refractivity (Wildman–Crippen MR) is 122 cm³/mol. The van der Waals surface area contributed by atoms with Crippen molar-refractivity contribution in [3.63, 3.8) is 0 Å². The van der Waals surface area contributed by atoms with Crippen LogP contribution in [0.25, 0.3) is 11.2 Å². The lowest BCUT2D eigenvalue weighted by Crippen LogP contribution is -2.33. The van der Waals surface area contributed by atoms with Crippen LogP contribution in [0.4, 0.5) is 16.4 Å². The van der Waals surface area contributed by atoms with Crippen LogP contribution in [0.3, 0.4) is 0 Å². The highest BCUT2D eigenvalue weighted by Crippen LogP contribution is 2.27. The summed E-state index contributed by atoms with van der Waals surface area (Å²) in [5.41, 5.74) is 0.549. The number of hydrogen-bond acceptors (Lipinski definition) is 11. The molecule has 2 aliphatic rings. The zero-order valence-electron chi connectivity index (χ0n) is 18.4. The number of ether oxygens (including phenoxy) is 3. The SMILES string of the molecule is Cn1c(=O)cnc2cc(Cl)c(OCCNC[C@H]3CN(c4cnc5c(n4)NC(=O)CO5)C(=O)O3)nc21. The number of nitrogens with zero attached hydrogens (tertiary/aromatic N) is 6. The van der Waals surface area contributed by atoms with Crippen molar-refractivity contribution < 1.29 is 23.8 Å². The van der Waals surface area contributed by atoms with Crippen molar-refractivity contribution in [1.82, 2.24) is 29.8 Å². The van der Waals surface area contributed by atoms with E-state index in [1.54, 1.807) is 13.1 Å². The van der Waals surface area contributed by atoms with Crippen LogP contribution in [0.1, 0.15) is 0 Å². The molecule has 2 aliphatic heterocycles. The third-order valence-electron chi connectivity index (χ3n) is 5.23. The molecule has 35 heavy (non-hydrogen) atoms. The lowest BCUT2D eigenvalue weighted by atomic mass is 10.3. The van der Waals surface area contributed by atoms with Crippen molar-refractivity contribution in [2.24, 2.45) is 7.05 Å². The van der Waals surface area contributed by atoms with Gasteiger partial charge in [0.1, 0.15) is 23.3 Å². The lowest BCUT2D eigenvalue weighted by molar-refractivity contribution is -0.118. The number of hydrogen-bond donors (Lipinski definition) is 2. The Balaban J connectivity index is 1.13. The fourth-order valence-corrected chi connectivity index (χ4v) is 3.70. The number of amides is 2. The summed E-state index contributed by atoms with van der Waals surface area (Å²) >= 11 is 6.21. The summed E-state index contributed by atoms with van der Waals surface area (Å²) in [6, 6.07) is 1.58. The lowest BCUT2D eigenvalue weighted by Gasteiger charge is -2.18. The Morgan fingerprint density at radius 1 is 1.26 bits per heavy atom. The molecule has 0 spiro atoms. The number of halogens is 1. The predicted octanol–water partition coefficient (Wildman–Crippen LogP) is 0.0966. The van der Waals surface area contributed by atoms with Crippen LogP contribution in [-0.2, 0) is 16.6 Å². The smallest absolute Gasteiger partial charge is 0.416 e. The van der Waals surface area contributed by atoms with Gasteiger partial charge in [0, 0.05) is 20.1 Å². The molecule has 0 aliphatic carbocycles. The fourth-order valence-electron chi connectivity index (χ4n) is 3.50. The second kappa shape index (κ2) is 9.31. The highest BCUT2D eigenvalue weighted by molar-refractivity contribution is 6.32. The van der Waals surface area contributed by atoms with E-state index in [2.05, 4.69) is 30.6 Å². The molecule has 182 valence electrons. The molecule has 14 nitrogen and oxygen atoms in total. The van der Waals surface area contributed by atoms with Crippen LogP contribution in [0.5, 0.6) is 11.8 Å². The summed E-state index contributed by atoms with van der Waals surface area (Å²) in [4.78, 5) is 53.5. The molecule has 1 fully saturated rings. The Morgan fingerprint density at radius 3 is 2.97 bits per heavy atom. The molecule has 5 rings (SSSR count). The number of carbonyl (C=O) groups excluding carboxylic acids is 2. The first-order valence-corrected chi connectivity index (χ1v) is 10.9. The molecule has 2 amide bonds. The van der Waals surface area contributed by atoms with Crippen molar-refractivity contribution in [2.45, 2.75) is 6.10 Å². The quantitative estimate of drug-likeness (QED) is 0.421. The van der Waals surface area contributed by atoms with E-state index in [9.17, 15) is 14.4 Å². The number of rotatable bonds is 7. The van der Waals surface area contributed by atoms with Gasteiger partial charge in [0.25, 0.3) is 17.3 Å². The van der Waals surface area contributed by atoms with Crippen LogP contribution >= 0.6 is 11.6 Å². The Labute approximate surface area is 202 Å². The second-order valence-corrected chi connectivity index (χ2v) is 8.07. The van der Waals surface area contributed by atoms with Crippen molar-refractivity contribution in [3.8, 4) is 11.8 Å². The van der Waals surface area contributed by atoms with Crippen molar-refractivity contribution in [1.29, 1.82) is 0 Å². The van der Waals surface area contributed by atoms with Gasteiger partial charge in [-0.1, -0.05) is 11.6 Å². The number of carbonyl (C=O) groups is 2. The van der Waals surface area contributed by atoms with Gasteiger partial charge in [-0.3, -0.25) is 19.1 Å². The summed E-state index contributed by atoms with van der Waals surface area (Å²) < 4.78 is 17.6. The van der Waals surface area contributed by atoms with Crippen LogP contribution in [0, 0.1) is 0 Å². The van der Waals surface area contributed by atoms with Gasteiger partial charge in [-0.2, -0.15) is 4.98 Å². The topological polar surface area (TPSA) is 163 Å². The molecule has 0 saturated carbocycles. The third-order valence-corrected chi connectivity index (χ3v) is 5.50. The molecule has 2 N–H and O–H groups in total. The zero-order valence-corrected chi connectivity index (χ0v) is 19.1. The summed E-state index contributed by atoms with van der Waals surface area (Å²) in [6.07, 6.45) is 1.57. The fraction of sp³-hybridized carbons (Fsp3) is 0.350. The minimum atomic E-state index is -0.572. The van der Waals surface area contributed by atoms with Crippen LogP contribution < -0.4 is 30.6 Å². The molecule has 3 aromatic heterocycles. The molecular formula is C20H19ClN8O6. The van der Waals surface area contributed by atoms with Crippen molar-refractivity contribution >= 4 is 46.4 Å². The third kappa shape index (κ3) is 4.65. The molecule has 0 unspecified atom stereocenters. The molecule has 1 saturated heterocycles. The Bertz CT molecular complexity index is 1380. The van der Waals surface area contributed by atoms with Gasteiger partial charge in [-0.15, -0.1) is 0 Å². The average molecular weight is 503 g/mol. The number of fused-ring (bicyclic) bond motifs is 2. The largest absolute Gasteiger partial charge is 0.475 e. The van der Waals surface area contributed by atoms with E-state index >= 15 is 0 Å². The van der Waals surface area contributed by atoms with E-state index in [1.807, 2.05) is 0 Å². The number of pyridine rings is 1. The average Bonchev–Trinajstić information content (AvgIpc) is 3.21. The van der Waals surface area contributed by atoms with Crippen LogP contribution in [0.2, 0.25) is 5.02 Å². The standard InChI is InChI=1S/C20H19ClN8O6/c1-28-15(31)7-23-12-4-11(21)18(27-17(12)28)33-3-2-22-5-10-8-29(20(32)35-10)13-6-24-19-16(25-13)26-14(30)9-34-19/h4,6-7,10,22H,2-3,5,8-9H2,1H3,(H,25,26,30)/t10-/m0/s1. The number of aromatic nitrogens is 5. The van der Waals surface area contributed by atoms with Gasteiger partial charge in [0.15, 0.2) is 23.9 Å². The maximum Gasteiger partial charge on any atom is 0.416 e. The van der Waals surface area contributed by atoms with Gasteiger partial charge in [0.2, 0.25) is 5.88 Å². The number of cyclic esters (lactones) is 1. The van der Waals surface area contributed by atoms with E-state index < -0.39 is 12.2 Å². The second-order valence-electron chi connectivity index (χ2n) is 7.66. The number of anilines is 2. The summed E-state index contributed by atoms with van der Waals surface area (Å²) in [6.45, 7) is 1.12. The summed E-state index contributed by atoms with van der Waals surface area (Å²) in [5.74, 6) is 0.426. The molecular weight excluding hydrogens is 484 g/mol. The van der Waals surface area contributed by atoms with Gasteiger partial charge >= 0.3 is 6.09 Å². The highest BCUT2D eigenvalue weighted by Gasteiger charge is 2.34. The Morgan fingerprint density at radius 2 is 2.11 bits per heavy atom. The maximum atomic E-state index is 12.3. The minimum Gasteiger partial charge on any atom is -0.475 e. The van der Waals surface area contributed by atoms with Crippen molar-refractivity contribution in [2.75, 3.05) is 43.1 Å². The van der Waals surface area contributed by atoms with E-state index in [-0.39, 0.29) is 59.6 Å². The summed E-state index contributed by atoms with van der Waals surface area (Å²) in [5, 5.41) is 5.97. The van der Waals surface area contributed by atoms with Crippen molar-refractivity contribution in [3.05, 3.63) is 33.8 Å². The molecule has 5 heterocycles. The monoisotopic (exact) mass is 502 g/mol. The Hall–Kier alpha value is -4.04. The van der Waals surface area contributed by atoms with Gasteiger partial charge < -0.3 is 24.8 Å². The summed E-state index contributed by atoms with van der Waals surface area (Å²) in [7, 11) is 1.59. The number of nitrogens with one attached hydrogen (secondary N) is 2. The molecule has 0 radical (unpaired) electrons. The normalized spacial score (nSPS) is 17.1. The molecule has 3 aromatic rings. The minimum absolute atomic E-state index is 0.135. The molecule has 0 bridgehead atoms. The van der Waals surface area contributed by atoms with Gasteiger partial charge in [-0.25, -0.2) is 19.7 Å². The molecule has 0 aromatic carbocycles. The van der Waals surface area contributed by atoms with E-state index in [0.717, 1.165) is 0 Å². The van der Waals surface area contributed by atoms with Crippen LogP contribution in [-0.4, -0.2) is 75.5 Å². The van der Waals surface area contributed by atoms with E-state index in [1.165, 1.54) is 21.9 Å². The Kier molecular flexibility index (Phi) is 6.05. The molecule has 1 atom stereocenters. The first kappa shape index (κ1) is 22.7. The van der Waals surface area contributed by atoms with Crippen LogP contribution in [0.15, 0.2) is 23.3 Å². The number of aryl methyl sites for hydroxylation is 1. The first-order chi connectivity index (χ1) is 16.9. The zero-order chi connectivity index (χ0) is 24.5. The van der Waals surface area contributed by atoms with Gasteiger partial charge in [-0.05, 0) is 6.07 Å². The molecule has 15 heteroatoms. The van der Waals surface area contributed by atoms with E-state index in [4.69, 9.17) is 25.8 Å².